The summed E-state index contributed by atoms with van der Waals surface area (Å²) >= 11 is 0. The van der Waals surface area contributed by atoms with Crippen LogP contribution in [0, 0.1) is 5.92 Å². The Bertz CT molecular complexity index is 887. The van der Waals surface area contributed by atoms with Crippen LogP contribution in [0.1, 0.15) is 55.0 Å². The largest absolute Gasteiger partial charge is 0.465 e. The molecule has 0 saturated carbocycles. The van der Waals surface area contributed by atoms with Crippen molar-refractivity contribution in [2.75, 3.05) is 6.61 Å². The molecule has 3 rings (SSSR count). The molecular formula is C22H22F3NO3. The van der Waals surface area contributed by atoms with Crippen molar-refractivity contribution in [3.63, 3.8) is 0 Å². The second kappa shape index (κ2) is 8.27. The number of ether oxygens (including phenoxy) is 1. The lowest BCUT2D eigenvalue weighted by Gasteiger charge is -2.18. The summed E-state index contributed by atoms with van der Waals surface area (Å²) in [6.45, 7) is 6.02. The topological polar surface area (TPSA) is 47.9 Å². The van der Waals surface area contributed by atoms with Crippen molar-refractivity contribution in [3.8, 4) is 0 Å². The monoisotopic (exact) mass is 405 g/mol. The molecular weight excluding hydrogens is 383 g/mol. The van der Waals surface area contributed by atoms with Crippen LogP contribution in [0.3, 0.4) is 0 Å². The molecule has 1 aliphatic rings. The van der Waals surface area contributed by atoms with Crippen molar-refractivity contribution in [1.82, 2.24) is 0 Å². The van der Waals surface area contributed by atoms with E-state index in [9.17, 15) is 18.0 Å². The summed E-state index contributed by atoms with van der Waals surface area (Å²) in [5.41, 5.74) is 1.91. The molecule has 1 aliphatic heterocycles. The first-order valence-corrected chi connectivity index (χ1v) is 9.40. The lowest BCUT2D eigenvalue weighted by Crippen LogP contribution is -2.29. The summed E-state index contributed by atoms with van der Waals surface area (Å²) in [6, 6.07) is 12.2. The summed E-state index contributed by atoms with van der Waals surface area (Å²) in [4.78, 5) is 18.1. The van der Waals surface area contributed by atoms with Crippen LogP contribution in [0.4, 0.5) is 13.2 Å². The molecule has 2 atom stereocenters. The molecule has 0 aromatic heterocycles. The van der Waals surface area contributed by atoms with E-state index in [2.05, 4.69) is 19.0 Å². The molecule has 0 fully saturated rings. The van der Waals surface area contributed by atoms with Crippen LogP contribution < -0.4 is 0 Å². The fourth-order valence-corrected chi connectivity index (χ4v) is 3.23. The highest BCUT2D eigenvalue weighted by Gasteiger charge is 2.43. The number of esters is 1. The second-order valence-corrected chi connectivity index (χ2v) is 7.13. The molecule has 0 radical (unpaired) electrons. The van der Waals surface area contributed by atoms with Crippen LogP contribution in [-0.4, -0.2) is 18.3 Å². The van der Waals surface area contributed by atoms with Crippen molar-refractivity contribution < 1.29 is 27.5 Å². The van der Waals surface area contributed by atoms with E-state index < -0.39 is 29.7 Å². The van der Waals surface area contributed by atoms with E-state index in [1.54, 1.807) is 6.92 Å². The number of carbonyl (C=O) groups excluding carboxylic acids is 1. The van der Waals surface area contributed by atoms with E-state index in [1.807, 2.05) is 24.3 Å². The van der Waals surface area contributed by atoms with Crippen LogP contribution in [0.2, 0.25) is 0 Å². The van der Waals surface area contributed by atoms with Crippen molar-refractivity contribution in [2.45, 2.75) is 39.0 Å². The van der Waals surface area contributed by atoms with Crippen LogP contribution >= 0.6 is 0 Å². The lowest BCUT2D eigenvalue weighted by atomic mass is 9.87. The Hall–Kier alpha value is -2.83. The zero-order valence-electron chi connectivity index (χ0n) is 16.4. The number of nitrogens with zero attached hydrogens (tertiary/aromatic N) is 1. The van der Waals surface area contributed by atoms with E-state index in [0.717, 1.165) is 17.7 Å². The quantitative estimate of drug-likeness (QED) is 0.619. The minimum atomic E-state index is -4.44. The average molecular weight is 405 g/mol. The first-order chi connectivity index (χ1) is 13.7. The van der Waals surface area contributed by atoms with Gasteiger partial charge >= 0.3 is 12.1 Å². The molecule has 1 heterocycles. The van der Waals surface area contributed by atoms with Gasteiger partial charge in [-0.3, -0.25) is 4.79 Å². The number of hydrogen-bond donors (Lipinski definition) is 0. The Morgan fingerprint density at radius 2 is 1.72 bits per heavy atom. The number of rotatable bonds is 5. The molecule has 0 N–H and O–H groups in total. The summed E-state index contributed by atoms with van der Waals surface area (Å²) in [5.74, 6) is -1.04. The minimum Gasteiger partial charge on any atom is -0.465 e. The van der Waals surface area contributed by atoms with Crippen molar-refractivity contribution in [2.24, 2.45) is 11.1 Å². The maximum Gasteiger partial charge on any atom is 0.416 e. The van der Waals surface area contributed by atoms with Gasteiger partial charge in [0.2, 0.25) is 0 Å². The Morgan fingerprint density at radius 1 is 1.10 bits per heavy atom. The summed E-state index contributed by atoms with van der Waals surface area (Å²) in [7, 11) is 0. The van der Waals surface area contributed by atoms with E-state index in [1.165, 1.54) is 12.1 Å². The van der Waals surface area contributed by atoms with Gasteiger partial charge in [0.25, 0.3) is 0 Å². The zero-order chi connectivity index (χ0) is 21.2. The Balaban J connectivity index is 1.92. The first kappa shape index (κ1) is 20.9. The fraction of sp³-hybridized carbons (Fsp3) is 0.364. The standard InChI is InChI=1S/C22H22F3NO3/c1-4-28-21(27)18-19(15-7-5-14(6-8-15)13(2)3)26-29-20(18)16-9-11-17(12-10-16)22(23,24)25/h5-13,18,20H,4H2,1-3H3. The van der Waals surface area contributed by atoms with E-state index in [4.69, 9.17) is 9.57 Å². The van der Waals surface area contributed by atoms with Gasteiger partial charge in [-0.25, -0.2) is 0 Å². The van der Waals surface area contributed by atoms with Crippen molar-refractivity contribution >= 4 is 11.7 Å². The van der Waals surface area contributed by atoms with Gasteiger partial charge < -0.3 is 9.57 Å². The number of oxime groups is 1. The molecule has 2 aromatic rings. The molecule has 4 nitrogen and oxygen atoms in total. The van der Waals surface area contributed by atoms with Gasteiger partial charge in [0.15, 0.2) is 6.10 Å². The van der Waals surface area contributed by atoms with Gasteiger partial charge in [-0.15, -0.1) is 0 Å². The number of benzene rings is 2. The van der Waals surface area contributed by atoms with Crippen molar-refractivity contribution in [1.29, 1.82) is 0 Å². The molecule has 0 spiro atoms. The molecule has 2 unspecified atom stereocenters. The number of halogens is 3. The molecule has 29 heavy (non-hydrogen) atoms. The van der Waals surface area contributed by atoms with Crippen LogP contribution in [0.25, 0.3) is 0 Å². The van der Waals surface area contributed by atoms with Crippen LogP contribution in [-0.2, 0) is 20.5 Å². The van der Waals surface area contributed by atoms with Gasteiger partial charge in [0.05, 0.1) is 12.2 Å². The van der Waals surface area contributed by atoms with E-state index >= 15 is 0 Å². The number of carbonyl (C=O) groups is 1. The Labute approximate surface area is 167 Å². The van der Waals surface area contributed by atoms with Gasteiger partial charge in [0.1, 0.15) is 11.6 Å². The molecule has 2 aromatic carbocycles. The predicted molar refractivity (Wildman–Crippen MR) is 102 cm³/mol. The summed E-state index contributed by atoms with van der Waals surface area (Å²) in [5, 5.41) is 4.09. The molecule has 7 heteroatoms. The smallest absolute Gasteiger partial charge is 0.416 e. The molecule has 0 aliphatic carbocycles. The van der Waals surface area contributed by atoms with E-state index in [0.29, 0.717) is 22.8 Å². The fourth-order valence-electron chi connectivity index (χ4n) is 3.23. The third-order valence-corrected chi connectivity index (χ3v) is 4.84. The van der Waals surface area contributed by atoms with Gasteiger partial charge in [-0.05, 0) is 36.1 Å². The van der Waals surface area contributed by atoms with E-state index in [-0.39, 0.29) is 6.61 Å². The lowest BCUT2D eigenvalue weighted by molar-refractivity contribution is -0.148. The maximum atomic E-state index is 12.8. The Morgan fingerprint density at radius 3 is 2.24 bits per heavy atom. The number of hydrogen-bond acceptors (Lipinski definition) is 4. The van der Waals surface area contributed by atoms with Crippen molar-refractivity contribution in [3.05, 3.63) is 70.8 Å². The molecule has 0 amide bonds. The molecule has 154 valence electrons. The third-order valence-electron chi connectivity index (χ3n) is 4.84. The van der Waals surface area contributed by atoms with Crippen LogP contribution in [0.5, 0.6) is 0 Å². The van der Waals surface area contributed by atoms with Crippen LogP contribution in [0.15, 0.2) is 53.7 Å². The SMILES string of the molecule is CCOC(=O)C1C(c2ccc(C(C)C)cc2)=NOC1c1ccc(C(F)(F)F)cc1. The highest BCUT2D eigenvalue weighted by atomic mass is 19.4. The highest BCUT2D eigenvalue weighted by Crippen LogP contribution is 2.38. The molecule has 0 saturated heterocycles. The predicted octanol–water partition coefficient (Wildman–Crippen LogP) is 5.48. The first-order valence-electron chi connectivity index (χ1n) is 9.40. The summed E-state index contributed by atoms with van der Waals surface area (Å²) in [6.07, 6.45) is -5.29. The van der Waals surface area contributed by atoms with Gasteiger partial charge in [-0.1, -0.05) is 55.4 Å². The Kier molecular flexibility index (Phi) is 5.96. The maximum absolute atomic E-state index is 12.8. The number of alkyl halides is 3. The zero-order valence-corrected chi connectivity index (χ0v) is 16.4. The minimum absolute atomic E-state index is 0.175. The highest BCUT2D eigenvalue weighted by molar-refractivity contribution is 6.13. The van der Waals surface area contributed by atoms with Gasteiger partial charge in [0, 0.05) is 5.56 Å². The second-order valence-electron chi connectivity index (χ2n) is 7.13. The molecule has 0 bridgehead atoms. The van der Waals surface area contributed by atoms with Gasteiger partial charge in [-0.2, -0.15) is 13.2 Å². The average Bonchev–Trinajstić information content (AvgIpc) is 3.13. The normalized spacial score (nSPS) is 19.1. The summed E-state index contributed by atoms with van der Waals surface area (Å²) < 4.78 is 43.7. The third kappa shape index (κ3) is 4.44.